The summed E-state index contributed by atoms with van der Waals surface area (Å²) in [6.07, 6.45) is 0. The van der Waals surface area contributed by atoms with Gasteiger partial charge >= 0.3 is 0 Å². The van der Waals surface area contributed by atoms with E-state index in [4.69, 9.17) is 10.7 Å². The summed E-state index contributed by atoms with van der Waals surface area (Å²) in [7, 11) is 1.05. The SMILES string of the molecule is CC(=O)C(C)(C)NS(=O)(=O)Cl. The van der Waals surface area contributed by atoms with Crippen molar-refractivity contribution in [3.63, 3.8) is 0 Å². The highest BCUT2D eigenvalue weighted by Crippen LogP contribution is 2.07. The Balaban J connectivity index is 4.51. The molecule has 0 spiro atoms. The van der Waals surface area contributed by atoms with Crippen molar-refractivity contribution >= 4 is 25.7 Å². The van der Waals surface area contributed by atoms with Gasteiger partial charge in [0.2, 0.25) is 0 Å². The van der Waals surface area contributed by atoms with Crippen molar-refractivity contribution in [2.75, 3.05) is 0 Å². The lowest BCUT2D eigenvalue weighted by atomic mass is 10.0. The van der Waals surface area contributed by atoms with E-state index in [-0.39, 0.29) is 5.78 Å². The van der Waals surface area contributed by atoms with E-state index in [9.17, 15) is 13.2 Å². The first-order valence-corrected chi connectivity index (χ1v) is 5.21. The maximum atomic E-state index is 10.8. The highest BCUT2D eigenvalue weighted by atomic mass is 35.7. The molecule has 1 N–H and O–H groups in total. The lowest BCUT2D eigenvalue weighted by molar-refractivity contribution is -0.121. The molecule has 66 valence electrons. The van der Waals surface area contributed by atoms with Gasteiger partial charge in [-0.1, -0.05) is 0 Å². The highest BCUT2D eigenvalue weighted by molar-refractivity contribution is 8.12. The van der Waals surface area contributed by atoms with Crippen molar-refractivity contribution < 1.29 is 13.2 Å². The van der Waals surface area contributed by atoms with Gasteiger partial charge in [-0.2, -0.15) is 13.1 Å². The van der Waals surface area contributed by atoms with Crippen LogP contribution in [-0.4, -0.2) is 19.7 Å². The summed E-state index contributed by atoms with van der Waals surface area (Å²) in [5, 5.41) is 0. The van der Waals surface area contributed by atoms with E-state index in [0.717, 1.165) is 0 Å². The molecule has 0 aliphatic rings. The number of carbonyl (C=O) groups excluding carboxylic acids is 1. The molecule has 0 atom stereocenters. The third kappa shape index (κ3) is 4.34. The quantitative estimate of drug-likeness (QED) is 0.671. The van der Waals surface area contributed by atoms with Crippen LogP contribution in [0, 0.1) is 0 Å². The predicted octanol–water partition coefficient (Wildman–Crippen LogP) is 0.427. The van der Waals surface area contributed by atoms with E-state index in [1.807, 2.05) is 4.72 Å². The standard InChI is InChI=1S/C5H10ClNO3S/c1-4(8)5(2,3)7-11(6,9)10/h7H,1-3H3. The maximum Gasteiger partial charge on any atom is 0.298 e. The monoisotopic (exact) mass is 199 g/mol. The zero-order valence-electron chi connectivity index (χ0n) is 6.51. The Morgan fingerprint density at radius 3 is 1.91 bits per heavy atom. The minimum absolute atomic E-state index is 0.290. The largest absolute Gasteiger partial charge is 0.298 e. The second-order valence-electron chi connectivity index (χ2n) is 2.72. The van der Waals surface area contributed by atoms with Crippen LogP contribution in [0.4, 0.5) is 0 Å². The number of ketones is 1. The summed E-state index contributed by atoms with van der Waals surface area (Å²) < 4.78 is 22.9. The van der Waals surface area contributed by atoms with Crippen LogP contribution in [0.2, 0.25) is 0 Å². The third-order valence-electron chi connectivity index (χ3n) is 1.26. The Bertz CT molecular complexity index is 257. The van der Waals surface area contributed by atoms with Gasteiger partial charge in [-0.25, -0.2) is 0 Å². The number of rotatable bonds is 3. The number of hydrogen-bond acceptors (Lipinski definition) is 3. The first-order valence-electron chi connectivity index (χ1n) is 2.90. The van der Waals surface area contributed by atoms with Crippen molar-refractivity contribution in [3.05, 3.63) is 0 Å². The Morgan fingerprint density at radius 1 is 1.45 bits per heavy atom. The number of carbonyl (C=O) groups is 1. The molecule has 6 heteroatoms. The summed E-state index contributed by atoms with van der Waals surface area (Å²) in [6.45, 7) is 4.17. The minimum atomic E-state index is -3.83. The molecule has 0 saturated heterocycles. The average molecular weight is 200 g/mol. The van der Waals surface area contributed by atoms with E-state index in [1.165, 1.54) is 20.8 Å². The van der Waals surface area contributed by atoms with Gasteiger partial charge in [-0.05, 0) is 20.8 Å². The molecule has 0 aromatic heterocycles. The van der Waals surface area contributed by atoms with Gasteiger partial charge in [0.25, 0.3) is 9.24 Å². The molecule has 0 saturated carbocycles. The fourth-order valence-corrected chi connectivity index (χ4v) is 1.71. The number of Topliss-reactive ketones (excluding diaryl/α,β-unsaturated/α-hetero) is 1. The van der Waals surface area contributed by atoms with E-state index >= 15 is 0 Å². The molecule has 0 heterocycles. The molecule has 0 aromatic rings. The van der Waals surface area contributed by atoms with Gasteiger partial charge in [-0.15, -0.1) is 0 Å². The number of hydrogen-bond donors (Lipinski definition) is 1. The van der Waals surface area contributed by atoms with Crippen LogP contribution >= 0.6 is 10.7 Å². The first kappa shape index (κ1) is 10.9. The van der Waals surface area contributed by atoms with Crippen LogP contribution in [0.1, 0.15) is 20.8 Å². The first-order chi connectivity index (χ1) is 4.65. The summed E-state index contributed by atoms with van der Waals surface area (Å²) >= 11 is 0. The van der Waals surface area contributed by atoms with Crippen LogP contribution in [-0.2, 0) is 14.0 Å². The van der Waals surface area contributed by atoms with E-state index < -0.39 is 14.8 Å². The van der Waals surface area contributed by atoms with Crippen molar-refractivity contribution in [2.45, 2.75) is 26.3 Å². The second kappa shape index (κ2) is 3.08. The summed E-state index contributed by atoms with van der Waals surface area (Å²) in [4.78, 5) is 10.8. The molecule has 0 amide bonds. The Labute approximate surface area is 70.5 Å². The van der Waals surface area contributed by atoms with E-state index in [2.05, 4.69) is 0 Å². The third-order valence-corrected chi connectivity index (χ3v) is 2.24. The fourth-order valence-electron chi connectivity index (χ4n) is 0.377. The molecule has 0 radical (unpaired) electrons. The van der Waals surface area contributed by atoms with Crippen molar-refractivity contribution in [2.24, 2.45) is 0 Å². The zero-order chi connectivity index (χ0) is 9.28. The molecule has 0 bridgehead atoms. The molecule has 11 heavy (non-hydrogen) atoms. The summed E-state index contributed by atoms with van der Waals surface area (Å²) in [6, 6.07) is 0. The fraction of sp³-hybridized carbons (Fsp3) is 0.800. The topological polar surface area (TPSA) is 63.2 Å². The molecule has 0 aliphatic carbocycles. The lowest BCUT2D eigenvalue weighted by Crippen LogP contribution is -2.46. The maximum absolute atomic E-state index is 10.8. The summed E-state index contributed by atoms with van der Waals surface area (Å²) in [5.41, 5.74) is -1.12. The molecule has 0 aliphatic heterocycles. The van der Waals surface area contributed by atoms with Crippen LogP contribution < -0.4 is 4.72 Å². The molecule has 0 aromatic carbocycles. The normalized spacial score (nSPS) is 13.1. The van der Waals surface area contributed by atoms with Crippen LogP contribution in [0.5, 0.6) is 0 Å². The predicted molar refractivity (Wildman–Crippen MR) is 42.7 cm³/mol. The summed E-state index contributed by atoms with van der Waals surface area (Å²) in [5.74, 6) is -0.290. The van der Waals surface area contributed by atoms with Gasteiger partial charge in [0, 0.05) is 10.7 Å². The molecular weight excluding hydrogens is 190 g/mol. The lowest BCUT2D eigenvalue weighted by Gasteiger charge is -2.19. The molecule has 0 fully saturated rings. The van der Waals surface area contributed by atoms with E-state index in [1.54, 1.807) is 0 Å². The van der Waals surface area contributed by atoms with Gasteiger partial charge in [0.05, 0.1) is 5.54 Å². The van der Waals surface area contributed by atoms with Crippen molar-refractivity contribution in [1.29, 1.82) is 0 Å². The average Bonchev–Trinajstić information content (AvgIpc) is 1.56. The molecule has 0 rings (SSSR count). The Hall–Kier alpha value is -0.130. The molecule has 0 unspecified atom stereocenters. The highest BCUT2D eigenvalue weighted by Gasteiger charge is 2.27. The van der Waals surface area contributed by atoms with Gasteiger partial charge in [0.15, 0.2) is 0 Å². The molecular formula is C5H10ClNO3S. The smallest absolute Gasteiger partial charge is 0.298 e. The van der Waals surface area contributed by atoms with Crippen molar-refractivity contribution in [1.82, 2.24) is 4.72 Å². The van der Waals surface area contributed by atoms with Crippen LogP contribution in [0.25, 0.3) is 0 Å². The molecule has 4 nitrogen and oxygen atoms in total. The number of halogens is 1. The minimum Gasteiger partial charge on any atom is -0.298 e. The van der Waals surface area contributed by atoms with E-state index in [0.29, 0.717) is 0 Å². The van der Waals surface area contributed by atoms with Crippen LogP contribution in [0.3, 0.4) is 0 Å². The van der Waals surface area contributed by atoms with Gasteiger partial charge < -0.3 is 0 Å². The van der Waals surface area contributed by atoms with Gasteiger partial charge in [0.1, 0.15) is 5.78 Å². The Kier molecular flexibility index (Phi) is 3.05. The van der Waals surface area contributed by atoms with Crippen molar-refractivity contribution in [3.8, 4) is 0 Å². The van der Waals surface area contributed by atoms with Gasteiger partial charge in [-0.3, -0.25) is 4.79 Å². The number of nitrogens with one attached hydrogen (secondary N) is 1. The second-order valence-corrected chi connectivity index (χ2v) is 5.02. The Morgan fingerprint density at radius 2 is 1.82 bits per heavy atom. The zero-order valence-corrected chi connectivity index (χ0v) is 8.08. The van der Waals surface area contributed by atoms with Crippen LogP contribution in [0.15, 0.2) is 0 Å².